The Balaban J connectivity index is 2.08. The van der Waals surface area contributed by atoms with Gasteiger partial charge in [-0.05, 0) is 24.5 Å². The van der Waals surface area contributed by atoms with Crippen LogP contribution in [0.15, 0.2) is 12.3 Å². The fourth-order valence-corrected chi connectivity index (χ4v) is 3.05. The van der Waals surface area contributed by atoms with E-state index in [1.165, 1.54) is 43.5 Å². The van der Waals surface area contributed by atoms with E-state index in [1.807, 2.05) is 0 Å². The molecule has 0 radical (unpaired) electrons. The number of hydrogen-bond acceptors (Lipinski definition) is 1. The van der Waals surface area contributed by atoms with E-state index in [2.05, 4.69) is 22.6 Å². The minimum atomic E-state index is 0.469. The molecular formula is C11H16N2. The molecule has 1 aliphatic heterocycles. The molecule has 2 heteroatoms. The lowest BCUT2D eigenvalue weighted by Gasteiger charge is -2.34. The number of fused-ring (bicyclic) bond motifs is 2. The second-order valence-electron chi connectivity index (χ2n) is 4.47. The molecule has 0 unspecified atom stereocenters. The van der Waals surface area contributed by atoms with E-state index in [1.54, 1.807) is 0 Å². The summed E-state index contributed by atoms with van der Waals surface area (Å²) in [4.78, 5) is 3.45. The Kier molecular flexibility index (Phi) is 1.53. The van der Waals surface area contributed by atoms with Crippen LogP contribution < -0.4 is 5.32 Å². The summed E-state index contributed by atoms with van der Waals surface area (Å²) in [6.45, 7) is 2.24. The van der Waals surface area contributed by atoms with Crippen LogP contribution in [0.3, 0.4) is 0 Å². The summed E-state index contributed by atoms with van der Waals surface area (Å²) >= 11 is 0. The van der Waals surface area contributed by atoms with Gasteiger partial charge in [0.05, 0.1) is 0 Å². The molecule has 0 bridgehead atoms. The van der Waals surface area contributed by atoms with Crippen molar-refractivity contribution >= 4 is 0 Å². The highest BCUT2D eigenvalue weighted by molar-refractivity contribution is 5.32. The Morgan fingerprint density at radius 1 is 1.23 bits per heavy atom. The maximum Gasteiger partial charge on any atom is 0.0268 e. The number of aromatic nitrogens is 1. The van der Waals surface area contributed by atoms with Crippen LogP contribution in [-0.2, 0) is 12.0 Å². The predicted molar refractivity (Wildman–Crippen MR) is 52.6 cm³/mol. The van der Waals surface area contributed by atoms with Crippen LogP contribution in [-0.4, -0.2) is 11.5 Å². The average Bonchev–Trinajstić information content (AvgIpc) is 2.74. The molecule has 2 aliphatic rings. The van der Waals surface area contributed by atoms with Crippen LogP contribution >= 0.6 is 0 Å². The summed E-state index contributed by atoms with van der Waals surface area (Å²) in [6, 6.07) is 2.22. The third kappa shape index (κ3) is 0.983. The standard InChI is InChI=1S/C11H16N2/c1-2-5-11(4-1)8-12-7-9-3-6-13-10(9)11/h3,6,12-13H,1-2,4-5,7-8H2. The van der Waals surface area contributed by atoms with E-state index in [0.717, 1.165) is 6.54 Å². The molecule has 1 spiro atoms. The van der Waals surface area contributed by atoms with Gasteiger partial charge in [-0.1, -0.05) is 12.8 Å². The monoisotopic (exact) mass is 176 g/mol. The zero-order valence-electron chi connectivity index (χ0n) is 7.90. The fraction of sp³-hybridized carbons (Fsp3) is 0.636. The molecule has 3 rings (SSSR count). The molecule has 1 aliphatic carbocycles. The highest BCUT2D eigenvalue weighted by atomic mass is 14.9. The summed E-state index contributed by atoms with van der Waals surface area (Å²) in [6.07, 6.45) is 7.64. The van der Waals surface area contributed by atoms with Gasteiger partial charge in [0.1, 0.15) is 0 Å². The van der Waals surface area contributed by atoms with Crippen molar-refractivity contribution in [2.75, 3.05) is 6.54 Å². The first-order valence-corrected chi connectivity index (χ1v) is 5.28. The third-order valence-electron chi connectivity index (χ3n) is 3.70. The quantitative estimate of drug-likeness (QED) is 0.621. The lowest BCUT2D eigenvalue weighted by molar-refractivity contribution is 0.369. The predicted octanol–water partition coefficient (Wildman–Crippen LogP) is 1.93. The Labute approximate surface area is 78.7 Å². The smallest absolute Gasteiger partial charge is 0.0268 e. The lowest BCUT2D eigenvalue weighted by Crippen LogP contribution is -2.41. The van der Waals surface area contributed by atoms with Crippen LogP contribution in [0.1, 0.15) is 36.9 Å². The van der Waals surface area contributed by atoms with Crippen molar-refractivity contribution in [2.45, 2.75) is 37.6 Å². The first-order chi connectivity index (χ1) is 6.41. The van der Waals surface area contributed by atoms with Crippen LogP contribution in [0.5, 0.6) is 0 Å². The van der Waals surface area contributed by atoms with Crippen molar-refractivity contribution in [3.63, 3.8) is 0 Å². The minimum absolute atomic E-state index is 0.469. The fourth-order valence-electron chi connectivity index (χ4n) is 3.05. The van der Waals surface area contributed by atoms with Crippen molar-refractivity contribution in [2.24, 2.45) is 0 Å². The van der Waals surface area contributed by atoms with E-state index in [4.69, 9.17) is 0 Å². The van der Waals surface area contributed by atoms with Crippen molar-refractivity contribution in [3.05, 3.63) is 23.5 Å². The van der Waals surface area contributed by atoms with Gasteiger partial charge in [0.25, 0.3) is 0 Å². The molecule has 0 aromatic carbocycles. The first kappa shape index (κ1) is 7.63. The Morgan fingerprint density at radius 2 is 2.08 bits per heavy atom. The van der Waals surface area contributed by atoms with Crippen LogP contribution in [0.2, 0.25) is 0 Å². The highest BCUT2D eigenvalue weighted by Crippen LogP contribution is 2.42. The molecule has 0 atom stereocenters. The van der Waals surface area contributed by atoms with Crippen LogP contribution in [0, 0.1) is 0 Å². The van der Waals surface area contributed by atoms with E-state index in [0.29, 0.717) is 5.41 Å². The molecule has 1 aromatic heterocycles. The summed E-state index contributed by atoms with van der Waals surface area (Å²) in [5, 5.41) is 3.54. The third-order valence-corrected chi connectivity index (χ3v) is 3.70. The van der Waals surface area contributed by atoms with Crippen molar-refractivity contribution in [1.29, 1.82) is 0 Å². The minimum Gasteiger partial charge on any atom is -0.364 e. The summed E-state index contributed by atoms with van der Waals surface area (Å²) in [5.41, 5.74) is 3.49. The van der Waals surface area contributed by atoms with Gasteiger partial charge in [0.2, 0.25) is 0 Å². The molecule has 0 amide bonds. The van der Waals surface area contributed by atoms with Gasteiger partial charge in [-0.15, -0.1) is 0 Å². The number of nitrogens with one attached hydrogen (secondary N) is 2. The second kappa shape index (κ2) is 2.61. The number of rotatable bonds is 0. The number of hydrogen-bond donors (Lipinski definition) is 2. The summed E-state index contributed by atoms with van der Waals surface area (Å²) < 4.78 is 0. The van der Waals surface area contributed by atoms with Crippen molar-refractivity contribution < 1.29 is 0 Å². The van der Waals surface area contributed by atoms with Gasteiger partial charge in [0, 0.05) is 30.4 Å². The highest BCUT2D eigenvalue weighted by Gasteiger charge is 2.39. The molecule has 2 N–H and O–H groups in total. The molecule has 1 aromatic rings. The van der Waals surface area contributed by atoms with Crippen LogP contribution in [0.4, 0.5) is 0 Å². The number of H-pyrrole nitrogens is 1. The van der Waals surface area contributed by atoms with Crippen molar-refractivity contribution in [3.8, 4) is 0 Å². The van der Waals surface area contributed by atoms with Gasteiger partial charge < -0.3 is 10.3 Å². The maximum absolute atomic E-state index is 3.54. The SMILES string of the molecule is c1cc2c([nH]1)C1(CCCC1)CNC2. The topological polar surface area (TPSA) is 27.8 Å². The molecule has 70 valence electrons. The Hall–Kier alpha value is -0.760. The number of aromatic amines is 1. The molecule has 0 saturated heterocycles. The van der Waals surface area contributed by atoms with Gasteiger partial charge in [0.15, 0.2) is 0 Å². The van der Waals surface area contributed by atoms with Gasteiger partial charge in [-0.2, -0.15) is 0 Å². The van der Waals surface area contributed by atoms with Crippen LogP contribution in [0.25, 0.3) is 0 Å². The first-order valence-electron chi connectivity index (χ1n) is 5.28. The summed E-state index contributed by atoms with van der Waals surface area (Å²) in [5.74, 6) is 0. The average molecular weight is 176 g/mol. The van der Waals surface area contributed by atoms with E-state index in [-0.39, 0.29) is 0 Å². The van der Waals surface area contributed by atoms with E-state index < -0.39 is 0 Å². The second-order valence-corrected chi connectivity index (χ2v) is 4.47. The van der Waals surface area contributed by atoms with Gasteiger partial charge in [-0.3, -0.25) is 0 Å². The van der Waals surface area contributed by atoms with E-state index >= 15 is 0 Å². The molecule has 13 heavy (non-hydrogen) atoms. The Morgan fingerprint density at radius 3 is 2.92 bits per heavy atom. The zero-order valence-corrected chi connectivity index (χ0v) is 7.90. The molecule has 1 saturated carbocycles. The lowest BCUT2D eigenvalue weighted by atomic mass is 9.79. The largest absolute Gasteiger partial charge is 0.364 e. The molecule has 2 nitrogen and oxygen atoms in total. The van der Waals surface area contributed by atoms with E-state index in [9.17, 15) is 0 Å². The molecule has 1 fully saturated rings. The van der Waals surface area contributed by atoms with Gasteiger partial charge >= 0.3 is 0 Å². The summed E-state index contributed by atoms with van der Waals surface area (Å²) in [7, 11) is 0. The normalized spacial score (nSPS) is 24.9. The maximum atomic E-state index is 3.54. The van der Waals surface area contributed by atoms with Crippen molar-refractivity contribution in [1.82, 2.24) is 10.3 Å². The molecular weight excluding hydrogens is 160 g/mol. The van der Waals surface area contributed by atoms with Gasteiger partial charge in [-0.25, -0.2) is 0 Å². The zero-order chi connectivity index (χ0) is 8.73. The Bertz CT molecular complexity index is 308. The molecule has 2 heterocycles.